The molecule has 3 rings (SSSR count). The van der Waals surface area contributed by atoms with Crippen molar-refractivity contribution < 1.29 is 85.7 Å². The van der Waals surface area contributed by atoms with Crippen molar-refractivity contribution in [3.05, 3.63) is 24.3 Å². The summed E-state index contributed by atoms with van der Waals surface area (Å²) >= 11 is 0.680. The van der Waals surface area contributed by atoms with Crippen LogP contribution >= 0.6 is 12.0 Å². The number of benzene rings is 1. The number of aliphatic hydroxyl groups is 4. The molecule has 0 amide bonds. The molecule has 0 saturated heterocycles. The second-order valence-corrected chi connectivity index (χ2v) is 11.0. The Morgan fingerprint density at radius 2 is 1.35 bits per heavy atom. The molecule has 252 valence electrons. The molecule has 2 heterocycles. The fourth-order valence-corrected chi connectivity index (χ4v) is 3.69. The van der Waals surface area contributed by atoms with E-state index in [9.17, 15) is 28.4 Å². The third kappa shape index (κ3) is 17.0. The van der Waals surface area contributed by atoms with Gasteiger partial charge in [0.15, 0.2) is 0 Å². The van der Waals surface area contributed by atoms with Crippen molar-refractivity contribution >= 4 is 75.4 Å². The first-order valence-corrected chi connectivity index (χ1v) is 15.6. The van der Waals surface area contributed by atoms with Gasteiger partial charge in [0.1, 0.15) is 0 Å². The first-order valence-electron chi connectivity index (χ1n) is 13.1. The zero-order chi connectivity index (χ0) is 33.4. The molecular formula is C22H30Li2N12O10S2. The van der Waals surface area contributed by atoms with E-state index < -0.39 is 41.3 Å². The van der Waals surface area contributed by atoms with Crippen molar-refractivity contribution in [2.75, 3.05) is 70.9 Å². The van der Waals surface area contributed by atoms with Crippen molar-refractivity contribution in [3.8, 4) is 0 Å². The summed E-state index contributed by atoms with van der Waals surface area (Å²) in [7, 11) is -4.49. The summed E-state index contributed by atoms with van der Waals surface area (Å²) in [6.45, 7) is -1.46. The van der Waals surface area contributed by atoms with Gasteiger partial charge < -0.3 is 56.8 Å². The largest absolute Gasteiger partial charge is 1.00 e. The number of nitrogens with zero attached hydrogens (tertiary/aromatic N) is 7. The van der Waals surface area contributed by atoms with E-state index in [4.69, 9.17) is 10.2 Å². The van der Waals surface area contributed by atoms with E-state index in [-0.39, 0.29) is 98.8 Å². The van der Waals surface area contributed by atoms with Crippen LogP contribution in [0, 0.1) is 0 Å². The van der Waals surface area contributed by atoms with Gasteiger partial charge in [0.2, 0.25) is 29.7 Å². The summed E-state index contributed by atoms with van der Waals surface area (Å²) in [6.07, 6.45) is -0.837. The molecule has 2 aromatic heterocycles. The van der Waals surface area contributed by atoms with Crippen LogP contribution in [0.2, 0.25) is 0 Å². The van der Waals surface area contributed by atoms with Gasteiger partial charge in [-0.15, -0.1) is 0 Å². The molecule has 0 aliphatic carbocycles. The maximum atomic E-state index is 11.0. The molecule has 0 spiro atoms. The predicted octanol–water partition coefficient (Wildman–Crippen LogP) is -8.39. The molecule has 9 N–H and O–H groups in total. The molecule has 0 fully saturated rings. The molecule has 22 nitrogen and oxygen atoms in total. The molecule has 0 bridgehead atoms. The molecular weight excluding hydrogens is 670 g/mol. The Morgan fingerprint density at radius 1 is 0.854 bits per heavy atom. The van der Waals surface area contributed by atoms with Gasteiger partial charge in [-0.05, 0) is 18.2 Å². The quantitative estimate of drug-likeness (QED) is 0.00947. The minimum atomic E-state index is -4.49. The Kier molecular flexibility index (Phi) is 20.4. The second kappa shape index (κ2) is 22.7. The number of nitrogens with one attached hydrogen (secondary N) is 5. The number of anilines is 7. The third-order valence-electron chi connectivity index (χ3n) is 5.11. The van der Waals surface area contributed by atoms with Gasteiger partial charge in [-0.3, -0.25) is 5.04 Å². The predicted molar refractivity (Wildman–Crippen MR) is 162 cm³/mol. The Hall–Kier alpha value is -2.92. The smallest absolute Gasteiger partial charge is 0.748 e. The first kappa shape index (κ1) is 43.1. The van der Waals surface area contributed by atoms with E-state index in [1.807, 2.05) is 0 Å². The van der Waals surface area contributed by atoms with Crippen LogP contribution in [0.4, 0.5) is 47.1 Å². The molecule has 0 aliphatic rings. The van der Waals surface area contributed by atoms with Crippen LogP contribution in [0.3, 0.4) is 0 Å². The molecule has 0 radical (unpaired) electrons. The standard InChI is InChI=1S/C22H32N12O10S2.2Li/c35-11-15(37)9-25-19-29-17(23-4-6-45-44-43-39)31-21(33-19)27-13-2-1-3-14(8-13)28-22-32-18(24-5-7-46(40,41)42)30-20(34-22)26-10-16(38)12-36;;/h1-4,8,15-16,35-39H,5-7,9-12H2,(H,40,41,42)(H2,25,27,29,31,33)(H3,24,26,28,30,32,34);;/q;2*+1/p-2/b23-4-;;. The average molecular weight is 701 g/mol. The zero-order valence-corrected chi connectivity index (χ0v) is 27.3. The van der Waals surface area contributed by atoms with E-state index in [1.165, 1.54) is 6.21 Å². The topological polar surface area (TPSA) is 329 Å². The Balaban J connectivity index is 0.00000576. The van der Waals surface area contributed by atoms with Crippen molar-refractivity contribution in [1.29, 1.82) is 0 Å². The summed E-state index contributed by atoms with van der Waals surface area (Å²) in [6, 6.07) is 6.67. The fraction of sp³-hybridized carbons (Fsp3) is 0.409. The van der Waals surface area contributed by atoms with Crippen LogP contribution in [0.1, 0.15) is 0 Å². The number of aromatic nitrogens is 6. The van der Waals surface area contributed by atoms with Gasteiger partial charge in [0, 0.05) is 49.3 Å². The van der Waals surface area contributed by atoms with Gasteiger partial charge in [-0.2, -0.15) is 34.2 Å². The summed E-state index contributed by atoms with van der Waals surface area (Å²) in [5, 5.41) is 64.7. The maximum absolute atomic E-state index is 11.0. The van der Waals surface area contributed by atoms with Gasteiger partial charge in [0.25, 0.3) is 5.95 Å². The molecule has 0 saturated carbocycles. The van der Waals surface area contributed by atoms with Gasteiger partial charge in [-0.1, -0.05) is 6.07 Å². The number of aliphatic hydroxyl groups excluding tert-OH is 4. The van der Waals surface area contributed by atoms with Gasteiger partial charge >= 0.3 is 37.7 Å². The van der Waals surface area contributed by atoms with E-state index >= 15 is 0 Å². The monoisotopic (exact) mass is 700 g/mol. The molecule has 26 heteroatoms. The normalized spacial score (nSPS) is 12.4. The summed E-state index contributed by atoms with van der Waals surface area (Å²) in [5.74, 6) is -0.669. The van der Waals surface area contributed by atoms with E-state index in [0.717, 1.165) is 0 Å². The minimum absolute atomic E-state index is 0. The van der Waals surface area contributed by atoms with Crippen LogP contribution in [0.5, 0.6) is 0 Å². The number of aliphatic imine (C=N–C) groups is 1. The summed E-state index contributed by atoms with van der Waals surface area (Å²) in [5.41, 5.74) is 0.932. The molecule has 2 atom stereocenters. The molecule has 0 aliphatic heterocycles. The van der Waals surface area contributed by atoms with Crippen LogP contribution in [-0.4, -0.2) is 126 Å². The maximum Gasteiger partial charge on any atom is 1.00 e. The van der Waals surface area contributed by atoms with Crippen molar-refractivity contribution in [3.63, 3.8) is 0 Å². The van der Waals surface area contributed by atoms with E-state index in [0.29, 0.717) is 23.4 Å². The number of rotatable bonds is 21. The second-order valence-electron chi connectivity index (χ2n) is 8.78. The summed E-state index contributed by atoms with van der Waals surface area (Å²) < 4.78 is 37.1. The summed E-state index contributed by atoms with van der Waals surface area (Å²) in [4.78, 5) is 29.1. The first-order chi connectivity index (χ1) is 22.1. The van der Waals surface area contributed by atoms with Crippen molar-refractivity contribution in [2.24, 2.45) is 4.99 Å². The third-order valence-corrected chi connectivity index (χ3v) is 6.25. The number of hydrogen-bond donors (Lipinski definition) is 9. The molecule has 48 heavy (non-hydrogen) atoms. The minimum Gasteiger partial charge on any atom is -0.748 e. The van der Waals surface area contributed by atoms with E-state index in [2.05, 4.69) is 70.9 Å². The molecule has 1 aromatic carbocycles. The SMILES string of the molecule is O=S(=O)([O-])CCNc1nc(NCC(O)CO)nc(Nc2cccc(Nc3nc(/N=C\CSOO[O-])nc(NCC(O)CO)n3)c2)n1.[Li+].[Li+]. The Bertz CT molecular complexity index is 1540. The van der Waals surface area contributed by atoms with E-state index in [1.54, 1.807) is 24.3 Å². The fourth-order valence-electron chi connectivity index (χ4n) is 3.11. The van der Waals surface area contributed by atoms with Gasteiger partial charge in [-0.25, -0.2) is 13.4 Å². The van der Waals surface area contributed by atoms with Crippen molar-refractivity contribution in [1.82, 2.24) is 29.9 Å². The number of hydrogen-bond acceptors (Lipinski definition) is 23. The van der Waals surface area contributed by atoms with Crippen LogP contribution < -0.4 is 69.6 Å². The average Bonchev–Trinajstić information content (AvgIpc) is 3.01. The Labute approximate surface area is 302 Å². The van der Waals surface area contributed by atoms with Gasteiger partial charge in [0.05, 0.1) is 47.0 Å². The van der Waals surface area contributed by atoms with Crippen LogP contribution in [0.25, 0.3) is 0 Å². The molecule has 3 aromatic rings. The van der Waals surface area contributed by atoms with Crippen LogP contribution in [-0.2, 0) is 19.5 Å². The molecule has 2 unspecified atom stereocenters. The zero-order valence-electron chi connectivity index (χ0n) is 25.7. The Morgan fingerprint density at radius 3 is 1.90 bits per heavy atom. The van der Waals surface area contributed by atoms with Crippen molar-refractivity contribution in [2.45, 2.75) is 12.2 Å². The van der Waals surface area contributed by atoms with Crippen LogP contribution in [0.15, 0.2) is 29.3 Å².